The van der Waals surface area contributed by atoms with Crippen molar-refractivity contribution in [3.05, 3.63) is 35.6 Å². The Morgan fingerprint density at radius 1 is 1.39 bits per heavy atom. The van der Waals surface area contributed by atoms with Crippen molar-refractivity contribution in [1.29, 1.82) is 0 Å². The summed E-state index contributed by atoms with van der Waals surface area (Å²) in [5.74, 6) is 0.979. The van der Waals surface area contributed by atoms with E-state index in [2.05, 4.69) is 19.2 Å². The molecule has 1 amide bonds. The van der Waals surface area contributed by atoms with Crippen LogP contribution in [0.15, 0.2) is 24.3 Å². The normalized spacial score (nSPS) is 17.3. The smallest absolute Gasteiger partial charge is 0.222 e. The number of amides is 1. The van der Waals surface area contributed by atoms with Crippen LogP contribution in [-0.4, -0.2) is 37.0 Å². The zero-order valence-electron chi connectivity index (χ0n) is 14.4. The summed E-state index contributed by atoms with van der Waals surface area (Å²) in [6.07, 6.45) is 3.49. The number of nitrogens with zero attached hydrogens (tertiary/aromatic N) is 1. The van der Waals surface area contributed by atoms with E-state index in [-0.39, 0.29) is 17.6 Å². The first-order chi connectivity index (χ1) is 11.1. The number of carbonyl (C=O) groups excluding carboxylic acids is 1. The molecule has 0 radical (unpaired) electrons. The van der Waals surface area contributed by atoms with Crippen molar-refractivity contribution in [2.24, 2.45) is 11.8 Å². The predicted octanol–water partition coefficient (Wildman–Crippen LogP) is 3.24. The minimum atomic E-state index is -0.205. The number of nitrogens with one attached hydrogen (secondary N) is 1. The highest BCUT2D eigenvalue weighted by molar-refractivity contribution is 5.76. The number of hydrogen-bond acceptors (Lipinski definition) is 2. The second-order valence-electron chi connectivity index (χ2n) is 6.78. The summed E-state index contributed by atoms with van der Waals surface area (Å²) >= 11 is 0. The molecule has 0 saturated carbocycles. The maximum absolute atomic E-state index is 13.2. The molecule has 1 aromatic rings. The Bertz CT molecular complexity index is 498. The summed E-state index contributed by atoms with van der Waals surface area (Å²) in [4.78, 5) is 14.4. The molecule has 1 aromatic carbocycles. The van der Waals surface area contributed by atoms with E-state index in [4.69, 9.17) is 0 Å². The monoisotopic (exact) mass is 320 g/mol. The fourth-order valence-corrected chi connectivity index (χ4v) is 3.30. The van der Waals surface area contributed by atoms with E-state index in [0.29, 0.717) is 12.3 Å². The molecule has 0 aliphatic carbocycles. The van der Waals surface area contributed by atoms with Gasteiger partial charge in [0.1, 0.15) is 5.82 Å². The van der Waals surface area contributed by atoms with Crippen molar-refractivity contribution in [2.75, 3.05) is 26.2 Å². The lowest BCUT2D eigenvalue weighted by Crippen LogP contribution is -2.41. The highest BCUT2D eigenvalue weighted by Crippen LogP contribution is 2.19. The summed E-state index contributed by atoms with van der Waals surface area (Å²) in [7, 11) is 0. The first-order valence-corrected chi connectivity index (χ1v) is 8.81. The zero-order valence-corrected chi connectivity index (χ0v) is 14.4. The first kappa shape index (κ1) is 17.9. The summed E-state index contributed by atoms with van der Waals surface area (Å²) in [6, 6.07) is 6.68. The molecule has 1 N–H and O–H groups in total. The quantitative estimate of drug-likeness (QED) is 0.836. The number of rotatable bonds is 7. The van der Waals surface area contributed by atoms with Gasteiger partial charge in [0.25, 0.3) is 0 Å². The van der Waals surface area contributed by atoms with Crippen molar-refractivity contribution in [1.82, 2.24) is 10.2 Å². The number of hydrogen-bond donors (Lipinski definition) is 1. The third-order valence-electron chi connectivity index (χ3n) is 4.65. The average Bonchev–Trinajstić information content (AvgIpc) is 2.53. The third kappa shape index (κ3) is 5.94. The van der Waals surface area contributed by atoms with Crippen LogP contribution in [0.4, 0.5) is 4.39 Å². The molecule has 1 aliphatic heterocycles. The molecular formula is C19H29FN2O. The van der Waals surface area contributed by atoms with Gasteiger partial charge in [-0.1, -0.05) is 26.0 Å². The summed E-state index contributed by atoms with van der Waals surface area (Å²) < 4.78 is 13.2. The first-order valence-electron chi connectivity index (χ1n) is 8.81. The number of piperidine rings is 1. The zero-order chi connectivity index (χ0) is 16.7. The highest BCUT2D eigenvalue weighted by Gasteiger charge is 2.23. The van der Waals surface area contributed by atoms with Gasteiger partial charge in [-0.05, 0) is 61.9 Å². The summed E-state index contributed by atoms with van der Waals surface area (Å²) in [5, 5.41) is 3.39. The van der Waals surface area contributed by atoms with Gasteiger partial charge in [-0.25, -0.2) is 4.39 Å². The molecule has 0 spiro atoms. The van der Waals surface area contributed by atoms with Crippen molar-refractivity contribution in [3.8, 4) is 0 Å². The maximum atomic E-state index is 13.2. The van der Waals surface area contributed by atoms with Crippen LogP contribution in [-0.2, 0) is 11.2 Å². The molecule has 1 atom stereocenters. The van der Waals surface area contributed by atoms with Crippen molar-refractivity contribution >= 4 is 5.91 Å². The van der Waals surface area contributed by atoms with Crippen LogP contribution in [0.25, 0.3) is 0 Å². The Labute approximate surface area is 139 Å². The number of halogens is 1. The molecule has 0 aromatic heterocycles. The van der Waals surface area contributed by atoms with Gasteiger partial charge in [0.2, 0.25) is 5.91 Å². The molecule has 3 nitrogen and oxygen atoms in total. The molecule has 1 fully saturated rings. The molecule has 1 aliphatic rings. The number of carbonyl (C=O) groups is 1. The molecule has 2 rings (SSSR count). The molecule has 1 unspecified atom stereocenters. The lowest BCUT2D eigenvalue weighted by molar-refractivity contribution is -0.133. The standard InChI is InChI=1S/C19H29FN2O/c1-3-21-14-16-7-9-22(10-8-16)19(23)12-15(2)11-17-5-4-6-18(20)13-17/h4-6,13,15-16,21H,3,7-12,14H2,1-2H3. The van der Waals surface area contributed by atoms with Crippen molar-refractivity contribution < 1.29 is 9.18 Å². The van der Waals surface area contributed by atoms with Crippen LogP contribution in [0.1, 0.15) is 38.7 Å². The molecule has 1 heterocycles. The Morgan fingerprint density at radius 3 is 2.78 bits per heavy atom. The SMILES string of the molecule is CCNCC1CCN(C(=O)CC(C)Cc2cccc(F)c2)CC1. The van der Waals surface area contributed by atoms with Crippen molar-refractivity contribution in [2.45, 2.75) is 39.5 Å². The fourth-order valence-electron chi connectivity index (χ4n) is 3.30. The van der Waals surface area contributed by atoms with Crippen molar-refractivity contribution in [3.63, 3.8) is 0 Å². The van der Waals surface area contributed by atoms with Crippen LogP contribution in [0.5, 0.6) is 0 Å². The summed E-state index contributed by atoms with van der Waals surface area (Å²) in [5.41, 5.74) is 0.967. The number of benzene rings is 1. The van der Waals surface area contributed by atoms with Gasteiger partial charge >= 0.3 is 0 Å². The minimum absolute atomic E-state index is 0.205. The topological polar surface area (TPSA) is 32.3 Å². The summed E-state index contributed by atoms with van der Waals surface area (Å²) in [6.45, 7) is 8.02. The van der Waals surface area contributed by atoms with Crippen LogP contribution < -0.4 is 5.32 Å². The van der Waals surface area contributed by atoms with E-state index in [1.54, 1.807) is 12.1 Å². The van der Waals surface area contributed by atoms with E-state index in [1.165, 1.54) is 6.07 Å². The molecule has 0 bridgehead atoms. The Kier molecular flexibility index (Phi) is 7.03. The Morgan fingerprint density at radius 2 is 2.13 bits per heavy atom. The van der Waals surface area contributed by atoms with E-state index in [9.17, 15) is 9.18 Å². The second kappa shape index (κ2) is 9.02. The maximum Gasteiger partial charge on any atom is 0.222 e. The van der Waals surface area contributed by atoms with E-state index < -0.39 is 0 Å². The van der Waals surface area contributed by atoms with Gasteiger partial charge in [0.15, 0.2) is 0 Å². The third-order valence-corrected chi connectivity index (χ3v) is 4.65. The minimum Gasteiger partial charge on any atom is -0.343 e. The Hall–Kier alpha value is -1.42. The van der Waals surface area contributed by atoms with E-state index in [1.807, 2.05) is 11.0 Å². The largest absolute Gasteiger partial charge is 0.343 e. The molecule has 128 valence electrons. The van der Waals surface area contributed by atoms with Crippen LogP contribution in [0, 0.1) is 17.7 Å². The lowest BCUT2D eigenvalue weighted by Gasteiger charge is -2.32. The number of likely N-dealkylation sites (tertiary alicyclic amines) is 1. The molecule has 23 heavy (non-hydrogen) atoms. The van der Waals surface area contributed by atoms with Crippen LogP contribution in [0.3, 0.4) is 0 Å². The molecule has 1 saturated heterocycles. The fraction of sp³-hybridized carbons (Fsp3) is 0.632. The lowest BCUT2D eigenvalue weighted by atomic mass is 9.94. The average molecular weight is 320 g/mol. The second-order valence-corrected chi connectivity index (χ2v) is 6.78. The van der Waals surface area contributed by atoms with Crippen LogP contribution >= 0.6 is 0 Å². The van der Waals surface area contributed by atoms with E-state index >= 15 is 0 Å². The van der Waals surface area contributed by atoms with Gasteiger partial charge in [0, 0.05) is 19.5 Å². The van der Waals surface area contributed by atoms with E-state index in [0.717, 1.165) is 51.0 Å². The Balaban J connectivity index is 1.74. The van der Waals surface area contributed by atoms with Gasteiger partial charge in [-0.15, -0.1) is 0 Å². The highest BCUT2D eigenvalue weighted by atomic mass is 19.1. The van der Waals surface area contributed by atoms with Gasteiger partial charge in [-0.3, -0.25) is 4.79 Å². The predicted molar refractivity (Wildman–Crippen MR) is 91.7 cm³/mol. The van der Waals surface area contributed by atoms with Gasteiger partial charge in [0.05, 0.1) is 0 Å². The van der Waals surface area contributed by atoms with Crippen LogP contribution in [0.2, 0.25) is 0 Å². The van der Waals surface area contributed by atoms with Gasteiger partial charge in [-0.2, -0.15) is 0 Å². The van der Waals surface area contributed by atoms with Gasteiger partial charge < -0.3 is 10.2 Å². The molecular weight excluding hydrogens is 291 g/mol. The molecule has 4 heteroatoms.